The van der Waals surface area contributed by atoms with Crippen LogP contribution in [0.1, 0.15) is 12.1 Å². The lowest BCUT2D eigenvalue weighted by Gasteiger charge is -2.02. The van der Waals surface area contributed by atoms with E-state index >= 15 is 0 Å². The van der Waals surface area contributed by atoms with Gasteiger partial charge in [-0.15, -0.1) is 0 Å². The molecule has 0 radical (unpaired) electrons. The first-order valence-corrected chi connectivity index (χ1v) is 5.20. The third-order valence-corrected chi connectivity index (χ3v) is 2.17. The molecule has 0 saturated heterocycles. The van der Waals surface area contributed by atoms with Crippen LogP contribution < -0.4 is 11.1 Å². The molecule has 0 aliphatic rings. The molecule has 8 heteroatoms. The lowest BCUT2D eigenvalue weighted by molar-refractivity contribution is -0.389. The first kappa shape index (κ1) is 13.1. The summed E-state index contributed by atoms with van der Waals surface area (Å²) in [6.07, 6.45) is 0.222. The third kappa shape index (κ3) is 3.83. The molecule has 0 saturated carbocycles. The molecule has 3 N–H and O–H groups in total. The lowest BCUT2D eigenvalue weighted by atomic mass is 10.4. The minimum atomic E-state index is -0.558. The van der Waals surface area contributed by atoms with Crippen LogP contribution in [0.25, 0.3) is 0 Å². The van der Waals surface area contributed by atoms with E-state index in [1.807, 2.05) is 0 Å². The Hall–Kier alpha value is -1.96. The summed E-state index contributed by atoms with van der Waals surface area (Å²) in [7, 11) is 0. The molecule has 0 unspecified atom stereocenters. The van der Waals surface area contributed by atoms with Crippen molar-refractivity contribution in [1.29, 1.82) is 0 Å². The quantitative estimate of drug-likeness (QED) is 0.517. The number of amides is 1. The van der Waals surface area contributed by atoms with Crippen molar-refractivity contribution in [3.8, 4) is 0 Å². The van der Waals surface area contributed by atoms with Crippen LogP contribution >= 0.6 is 0 Å². The number of aryl methyl sites for hydroxylation is 2. The van der Waals surface area contributed by atoms with Crippen molar-refractivity contribution in [2.24, 2.45) is 5.73 Å². The zero-order chi connectivity index (χ0) is 12.8. The van der Waals surface area contributed by atoms with Crippen molar-refractivity contribution in [1.82, 2.24) is 15.1 Å². The smallest absolute Gasteiger partial charge is 0.358 e. The van der Waals surface area contributed by atoms with Crippen LogP contribution in [-0.2, 0) is 11.3 Å². The molecule has 0 bridgehead atoms. The summed E-state index contributed by atoms with van der Waals surface area (Å²) >= 11 is 0. The first-order valence-electron chi connectivity index (χ1n) is 5.20. The molecule has 0 atom stereocenters. The summed E-state index contributed by atoms with van der Waals surface area (Å²) in [5.41, 5.74) is 5.89. The molecular weight excluding hydrogens is 226 g/mol. The molecule has 94 valence electrons. The van der Waals surface area contributed by atoms with Crippen LogP contribution in [0.4, 0.5) is 5.82 Å². The minimum Gasteiger partial charge on any atom is -0.358 e. The molecule has 1 rings (SSSR count). The number of rotatable bonds is 6. The zero-order valence-corrected chi connectivity index (χ0v) is 9.55. The summed E-state index contributed by atoms with van der Waals surface area (Å²) in [5.74, 6) is -0.349. The maximum absolute atomic E-state index is 11.3. The van der Waals surface area contributed by atoms with E-state index in [4.69, 9.17) is 5.73 Å². The van der Waals surface area contributed by atoms with E-state index in [1.165, 1.54) is 10.7 Å². The summed E-state index contributed by atoms with van der Waals surface area (Å²) in [6.45, 7) is 2.84. The second-order valence-electron chi connectivity index (χ2n) is 3.51. The molecule has 8 nitrogen and oxygen atoms in total. The number of hydrogen-bond acceptors (Lipinski definition) is 5. The van der Waals surface area contributed by atoms with Gasteiger partial charge in [0.15, 0.2) is 0 Å². The molecule has 0 fully saturated rings. The molecule has 1 aromatic rings. The molecule has 0 aromatic carbocycles. The lowest BCUT2D eigenvalue weighted by Crippen LogP contribution is -2.29. The fourth-order valence-electron chi connectivity index (χ4n) is 1.32. The number of hydrogen-bond donors (Lipinski definition) is 2. The molecule has 0 aliphatic heterocycles. The van der Waals surface area contributed by atoms with Gasteiger partial charge < -0.3 is 21.2 Å². The van der Waals surface area contributed by atoms with Crippen molar-refractivity contribution in [3.63, 3.8) is 0 Å². The van der Waals surface area contributed by atoms with E-state index in [2.05, 4.69) is 10.4 Å². The molecule has 1 aromatic heterocycles. The van der Waals surface area contributed by atoms with E-state index < -0.39 is 4.92 Å². The molecule has 1 heterocycles. The van der Waals surface area contributed by atoms with Crippen molar-refractivity contribution in [2.75, 3.05) is 13.1 Å². The second-order valence-corrected chi connectivity index (χ2v) is 3.51. The molecule has 0 aliphatic carbocycles. The summed E-state index contributed by atoms with van der Waals surface area (Å²) < 4.78 is 1.44. The van der Waals surface area contributed by atoms with Crippen molar-refractivity contribution < 1.29 is 9.72 Å². The fourth-order valence-corrected chi connectivity index (χ4v) is 1.32. The highest BCUT2D eigenvalue weighted by Gasteiger charge is 2.15. The van der Waals surface area contributed by atoms with Crippen LogP contribution in [-0.4, -0.2) is 33.7 Å². The van der Waals surface area contributed by atoms with Gasteiger partial charge in [0.2, 0.25) is 5.91 Å². The highest BCUT2D eigenvalue weighted by Crippen LogP contribution is 2.10. The van der Waals surface area contributed by atoms with Gasteiger partial charge in [-0.1, -0.05) is 0 Å². The third-order valence-electron chi connectivity index (χ3n) is 2.17. The zero-order valence-electron chi connectivity index (χ0n) is 9.55. The van der Waals surface area contributed by atoms with Gasteiger partial charge in [0.25, 0.3) is 0 Å². The van der Waals surface area contributed by atoms with Crippen molar-refractivity contribution >= 4 is 11.7 Å². The molecule has 17 heavy (non-hydrogen) atoms. The van der Waals surface area contributed by atoms with Crippen LogP contribution in [0, 0.1) is 17.0 Å². The Labute approximate surface area is 97.9 Å². The Morgan fingerprint density at radius 2 is 2.41 bits per heavy atom. The molecular formula is C9H15N5O3. The van der Waals surface area contributed by atoms with Gasteiger partial charge in [0.05, 0.1) is 23.4 Å². The van der Waals surface area contributed by atoms with Crippen molar-refractivity contribution in [3.05, 3.63) is 21.9 Å². The van der Waals surface area contributed by atoms with Gasteiger partial charge in [-0.2, -0.15) is 4.68 Å². The average Bonchev–Trinajstić information content (AvgIpc) is 2.65. The number of nitrogens with one attached hydrogen (secondary N) is 1. The van der Waals surface area contributed by atoms with Crippen molar-refractivity contribution in [2.45, 2.75) is 19.9 Å². The van der Waals surface area contributed by atoms with Gasteiger partial charge in [-0.3, -0.25) is 4.79 Å². The predicted octanol–water partition coefficient (Wildman–Crippen LogP) is -0.435. The van der Waals surface area contributed by atoms with Gasteiger partial charge in [0, 0.05) is 19.5 Å². The standard InChI is InChI=1S/C9H15N5O3/c1-7-6-8(14(16)17)12-13(7)5-2-9(15)11-4-3-10/h6H,2-5,10H2,1H3,(H,11,15). The molecule has 0 spiro atoms. The Morgan fingerprint density at radius 3 is 2.94 bits per heavy atom. The maximum Gasteiger partial charge on any atom is 0.390 e. The Balaban J connectivity index is 2.51. The number of nitrogens with zero attached hydrogens (tertiary/aromatic N) is 3. The SMILES string of the molecule is Cc1cc([N+](=O)[O-])nn1CCC(=O)NCCN. The van der Waals surface area contributed by atoms with Crippen LogP contribution in [0.2, 0.25) is 0 Å². The fraction of sp³-hybridized carbons (Fsp3) is 0.556. The van der Waals surface area contributed by atoms with E-state index in [9.17, 15) is 14.9 Å². The average molecular weight is 241 g/mol. The number of carbonyl (C=O) groups excluding carboxylic acids is 1. The van der Waals surface area contributed by atoms with Gasteiger partial charge in [0.1, 0.15) is 0 Å². The highest BCUT2D eigenvalue weighted by atomic mass is 16.6. The van der Waals surface area contributed by atoms with Crippen LogP contribution in [0.15, 0.2) is 6.07 Å². The second kappa shape index (κ2) is 5.94. The normalized spacial score (nSPS) is 10.2. The number of nitro groups is 1. The number of carbonyl (C=O) groups is 1. The Morgan fingerprint density at radius 1 is 1.71 bits per heavy atom. The first-order chi connectivity index (χ1) is 8.04. The summed E-state index contributed by atoms with van der Waals surface area (Å²) in [4.78, 5) is 21.2. The Bertz CT molecular complexity index is 415. The van der Waals surface area contributed by atoms with Crippen LogP contribution in [0.3, 0.4) is 0 Å². The van der Waals surface area contributed by atoms with Crippen LogP contribution in [0.5, 0.6) is 0 Å². The largest absolute Gasteiger partial charge is 0.390 e. The highest BCUT2D eigenvalue weighted by molar-refractivity contribution is 5.75. The van der Waals surface area contributed by atoms with E-state index in [0.29, 0.717) is 25.3 Å². The number of aromatic nitrogens is 2. The van der Waals surface area contributed by atoms with E-state index in [1.54, 1.807) is 6.92 Å². The van der Waals surface area contributed by atoms with Gasteiger partial charge >= 0.3 is 5.82 Å². The predicted molar refractivity (Wildman–Crippen MR) is 60.3 cm³/mol. The monoisotopic (exact) mass is 241 g/mol. The van der Waals surface area contributed by atoms with Gasteiger partial charge in [-0.25, -0.2) is 0 Å². The topological polar surface area (TPSA) is 116 Å². The number of nitrogens with two attached hydrogens (primary N) is 1. The summed E-state index contributed by atoms with van der Waals surface area (Å²) in [5, 5.41) is 16.9. The minimum absolute atomic E-state index is 0.145. The van der Waals surface area contributed by atoms with Gasteiger partial charge in [-0.05, 0) is 11.8 Å². The Kier molecular flexibility index (Phi) is 4.58. The maximum atomic E-state index is 11.3. The van der Waals surface area contributed by atoms with E-state index in [0.717, 1.165) is 0 Å². The summed E-state index contributed by atoms with van der Waals surface area (Å²) in [6, 6.07) is 1.37. The van der Waals surface area contributed by atoms with E-state index in [-0.39, 0.29) is 18.1 Å². The molecule has 1 amide bonds.